The summed E-state index contributed by atoms with van der Waals surface area (Å²) in [5.41, 5.74) is 1.87. The van der Waals surface area contributed by atoms with Crippen molar-refractivity contribution in [3.8, 4) is 5.69 Å². The Balaban J connectivity index is 0.00000243. The van der Waals surface area contributed by atoms with Crippen molar-refractivity contribution in [1.82, 2.24) is 9.55 Å². The molecule has 1 unspecified atom stereocenters. The van der Waals surface area contributed by atoms with Crippen molar-refractivity contribution in [3.05, 3.63) is 70.3 Å². The van der Waals surface area contributed by atoms with Gasteiger partial charge in [-0.1, -0.05) is 65.1 Å². The van der Waals surface area contributed by atoms with Crippen molar-refractivity contribution < 1.29 is 5.11 Å². The van der Waals surface area contributed by atoms with Gasteiger partial charge in [-0.3, -0.25) is 9.36 Å². The number of alkyl halides is 3. The van der Waals surface area contributed by atoms with Gasteiger partial charge in [0, 0.05) is 6.42 Å². The quantitative estimate of drug-likeness (QED) is 0.623. The Kier molecular flexibility index (Phi) is 6.59. The largest absolute Gasteiger partial charge is 0.388 e. The molecule has 138 valence electrons. The summed E-state index contributed by atoms with van der Waals surface area (Å²) in [6.45, 7) is 1.89. The van der Waals surface area contributed by atoms with Gasteiger partial charge >= 0.3 is 0 Å². The summed E-state index contributed by atoms with van der Waals surface area (Å²) in [7, 11) is 0. The first-order chi connectivity index (χ1) is 11.8. The number of aliphatic hydroxyl groups is 1. The summed E-state index contributed by atoms with van der Waals surface area (Å²) in [6, 6.07) is 14.5. The van der Waals surface area contributed by atoms with Crippen LogP contribution in [0.15, 0.2) is 53.3 Å². The van der Waals surface area contributed by atoms with Crippen molar-refractivity contribution in [3.63, 3.8) is 0 Å². The standard InChI is InChI=1S/C18H15Cl3N2O2.ClH/c1-11-6-2-5-9-14(11)23-16(10-15(24)18(19,20)21)22-13-8-4-3-7-12(13)17(23)25;/h2-9,15,24H,10H2,1H3;1H. The predicted molar refractivity (Wildman–Crippen MR) is 109 cm³/mol. The fourth-order valence-corrected chi connectivity index (χ4v) is 2.90. The summed E-state index contributed by atoms with van der Waals surface area (Å²) < 4.78 is -0.406. The molecule has 1 N–H and O–H groups in total. The van der Waals surface area contributed by atoms with Gasteiger partial charge in [-0.2, -0.15) is 0 Å². The van der Waals surface area contributed by atoms with E-state index in [9.17, 15) is 9.90 Å². The molecular formula is C18H16Cl4N2O2. The van der Waals surface area contributed by atoms with Crippen molar-refractivity contribution in [2.75, 3.05) is 0 Å². The van der Waals surface area contributed by atoms with Gasteiger partial charge < -0.3 is 5.11 Å². The molecule has 0 aliphatic carbocycles. The average Bonchev–Trinajstić information content (AvgIpc) is 2.55. The van der Waals surface area contributed by atoms with E-state index in [0.29, 0.717) is 22.4 Å². The number of halogens is 4. The van der Waals surface area contributed by atoms with Gasteiger partial charge in [0.05, 0.1) is 16.6 Å². The number of hydrogen-bond donors (Lipinski definition) is 1. The molecule has 3 rings (SSSR count). The van der Waals surface area contributed by atoms with Gasteiger partial charge in [0.1, 0.15) is 11.9 Å². The minimum absolute atomic E-state index is 0. The lowest BCUT2D eigenvalue weighted by atomic mass is 10.1. The number of aliphatic hydroxyl groups excluding tert-OH is 1. The first-order valence-corrected chi connectivity index (χ1v) is 8.74. The molecule has 1 atom stereocenters. The minimum Gasteiger partial charge on any atom is -0.388 e. The first kappa shape index (κ1) is 21.0. The highest BCUT2D eigenvalue weighted by atomic mass is 35.6. The van der Waals surface area contributed by atoms with Crippen LogP contribution >= 0.6 is 47.2 Å². The second kappa shape index (κ2) is 8.15. The Morgan fingerprint density at radius 3 is 2.38 bits per heavy atom. The van der Waals surface area contributed by atoms with E-state index < -0.39 is 9.90 Å². The lowest BCUT2D eigenvalue weighted by molar-refractivity contribution is 0.176. The Bertz CT molecular complexity index is 983. The number of aromatic nitrogens is 2. The van der Waals surface area contributed by atoms with E-state index in [2.05, 4.69) is 4.98 Å². The third kappa shape index (κ3) is 4.16. The number of rotatable bonds is 3. The van der Waals surface area contributed by atoms with Gasteiger partial charge in [0.2, 0.25) is 3.79 Å². The molecule has 0 radical (unpaired) electrons. The number of fused-ring (bicyclic) bond motifs is 1. The fraction of sp³-hybridized carbons (Fsp3) is 0.222. The molecule has 3 aromatic rings. The summed E-state index contributed by atoms with van der Waals surface area (Å²) in [5, 5.41) is 10.7. The molecule has 0 amide bonds. The Hall–Kier alpha value is -1.30. The SMILES string of the molecule is Cc1ccccc1-n1c(CC(O)C(Cl)(Cl)Cl)nc2ccccc2c1=O.Cl. The van der Waals surface area contributed by atoms with Crippen molar-refractivity contribution >= 4 is 58.1 Å². The van der Waals surface area contributed by atoms with E-state index in [1.54, 1.807) is 24.3 Å². The molecule has 26 heavy (non-hydrogen) atoms. The molecule has 0 aliphatic heterocycles. The van der Waals surface area contributed by atoms with Gasteiger partial charge in [-0.05, 0) is 30.7 Å². The van der Waals surface area contributed by atoms with Crippen LogP contribution in [0.4, 0.5) is 0 Å². The Morgan fingerprint density at radius 1 is 1.12 bits per heavy atom. The molecule has 0 aliphatic rings. The second-order valence-corrected chi connectivity index (χ2v) is 8.10. The highest BCUT2D eigenvalue weighted by Gasteiger charge is 2.32. The van der Waals surface area contributed by atoms with Gasteiger partial charge in [-0.25, -0.2) is 4.98 Å². The van der Waals surface area contributed by atoms with Crippen molar-refractivity contribution in [1.29, 1.82) is 0 Å². The maximum Gasteiger partial charge on any atom is 0.265 e. The third-order valence-electron chi connectivity index (χ3n) is 3.96. The topological polar surface area (TPSA) is 55.1 Å². The third-order valence-corrected chi connectivity index (χ3v) is 4.71. The molecular weight excluding hydrogens is 418 g/mol. The molecule has 0 saturated heterocycles. The van der Waals surface area contributed by atoms with E-state index in [0.717, 1.165) is 5.56 Å². The lowest BCUT2D eigenvalue weighted by Gasteiger charge is -2.21. The maximum atomic E-state index is 13.1. The van der Waals surface area contributed by atoms with E-state index in [4.69, 9.17) is 34.8 Å². The van der Waals surface area contributed by atoms with Crippen LogP contribution in [0.3, 0.4) is 0 Å². The van der Waals surface area contributed by atoms with Crippen molar-refractivity contribution in [2.45, 2.75) is 23.2 Å². The van der Waals surface area contributed by atoms with E-state index in [1.165, 1.54) is 4.57 Å². The van der Waals surface area contributed by atoms with Crippen molar-refractivity contribution in [2.24, 2.45) is 0 Å². The smallest absolute Gasteiger partial charge is 0.265 e. The lowest BCUT2D eigenvalue weighted by Crippen LogP contribution is -2.32. The summed E-state index contributed by atoms with van der Waals surface area (Å²) >= 11 is 17.4. The van der Waals surface area contributed by atoms with Crippen LogP contribution in [-0.4, -0.2) is 24.6 Å². The zero-order chi connectivity index (χ0) is 18.2. The average molecular weight is 434 g/mol. The van der Waals surface area contributed by atoms with Crippen LogP contribution in [0.5, 0.6) is 0 Å². The molecule has 0 bridgehead atoms. The van der Waals surface area contributed by atoms with Crippen LogP contribution in [0.2, 0.25) is 0 Å². The second-order valence-electron chi connectivity index (χ2n) is 5.73. The Labute approximate surface area is 171 Å². The first-order valence-electron chi connectivity index (χ1n) is 7.60. The van der Waals surface area contributed by atoms with Crippen LogP contribution in [-0.2, 0) is 6.42 Å². The fourth-order valence-electron chi connectivity index (χ4n) is 2.67. The number of benzene rings is 2. The molecule has 0 spiro atoms. The van der Waals surface area contributed by atoms with Crippen LogP contribution in [0, 0.1) is 6.92 Å². The molecule has 0 fully saturated rings. The molecule has 1 heterocycles. The molecule has 4 nitrogen and oxygen atoms in total. The zero-order valence-electron chi connectivity index (χ0n) is 13.7. The zero-order valence-corrected chi connectivity index (χ0v) is 16.8. The van der Waals surface area contributed by atoms with Crippen LogP contribution in [0.1, 0.15) is 11.4 Å². The summed E-state index contributed by atoms with van der Waals surface area (Å²) in [5.74, 6) is 0.330. The number of aryl methyl sites for hydroxylation is 1. The highest BCUT2D eigenvalue weighted by molar-refractivity contribution is 6.68. The molecule has 2 aromatic carbocycles. The normalized spacial score (nSPS) is 12.7. The van der Waals surface area contributed by atoms with Gasteiger partial charge in [0.25, 0.3) is 5.56 Å². The van der Waals surface area contributed by atoms with E-state index in [1.807, 2.05) is 31.2 Å². The Morgan fingerprint density at radius 2 is 1.73 bits per heavy atom. The van der Waals surface area contributed by atoms with E-state index >= 15 is 0 Å². The number of para-hydroxylation sites is 2. The maximum absolute atomic E-state index is 13.1. The summed E-state index contributed by atoms with van der Waals surface area (Å²) in [4.78, 5) is 17.6. The molecule has 0 saturated carbocycles. The molecule has 1 aromatic heterocycles. The molecule has 8 heteroatoms. The van der Waals surface area contributed by atoms with E-state index in [-0.39, 0.29) is 24.4 Å². The van der Waals surface area contributed by atoms with Crippen LogP contribution < -0.4 is 5.56 Å². The minimum atomic E-state index is -1.88. The van der Waals surface area contributed by atoms with Gasteiger partial charge in [-0.15, -0.1) is 12.4 Å². The highest BCUT2D eigenvalue weighted by Crippen LogP contribution is 2.32. The van der Waals surface area contributed by atoms with Crippen LogP contribution in [0.25, 0.3) is 16.6 Å². The van der Waals surface area contributed by atoms with Gasteiger partial charge in [0.15, 0.2) is 0 Å². The summed E-state index contributed by atoms with van der Waals surface area (Å²) in [6.07, 6.45) is -1.38. The number of nitrogens with zero attached hydrogens (tertiary/aromatic N) is 2. The number of hydrogen-bond acceptors (Lipinski definition) is 3. The predicted octanol–water partition coefficient (Wildman–Crippen LogP) is 4.39. The monoisotopic (exact) mass is 432 g/mol.